The van der Waals surface area contributed by atoms with E-state index in [0.29, 0.717) is 13.2 Å². The summed E-state index contributed by atoms with van der Waals surface area (Å²) in [6, 6.07) is 0.160. The summed E-state index contributed by atoms with van der Waals surface area (Å²) in [5, 5.41) is 0. The second-order valence-corrected chi connectivity index (χ2v) is 3.44. The number of amides is 1. The number of halogens is 1. The maximum atomic E-state index is 11.3. The van der Waals surface area contributed by atoms with Gasteiger partial charge in [-0.1, -0.05) is 0 Å². The Labute approximate surface area is 77.6 Å². The molecule has 0 N–H and O–H groups in total. The highest BCUT2D eigenvalue weighted by atomic mass is 35.5. The van der Waals surface area contributed by atoms with E-state index in [-0.39, 0.29) is 23.9 Å². The first-order chi connectivity index (χ1) is 5.65. The van der Waals surface area contributed by atoms with Crippen molar-refractivity contribution in [1.29, 1.82) is 0 Å². The van der Waals surface area contributed by atoms with Gasteiger partial charge in [-0.15, -0.1) is 11.6 Å². The molecule has 0 aromatic carbocycles. The van der Waals surface area contributed by atoms with Crippen LogP contribution in [0.2, 0.25) is 0 Å². The van der Waals surface area contributed by atoms with Gasteiger partial charge in [-0.2, -0.15) is 0 Å². The highest BCUT2D eigenvalue weighted by molar-refractivity contribution is 6.27. The van der Waals surface area contributed by atoms with E-state index < -0.39 is 0 Å². The van der Waals surface area contributed by atoms with Crippen molar-refractivity contribution in [3.63, 3.8) is 0 Å². The molecule has 0 spiro atoms. The summed E-state index contributed by atoms with van der Waals surface area (Å²) in [5.74, 6) is 0.0659. The van der Waals surface area contributed by atoms with Crippen LogP contribution in [0.3, 0.4) is 0 Å². The summed E-state index contributed by atoms with van der Waals surface area (Å²) in [6.45, 7) is 5.20. The molecule has 0 bridgehead atoms. The maximum absolute atomic E-state index is 11.3. The number of rotatable bonds is 1. The molecule has 1 saturated heterocycles. The first-order valence-electron chi connectivity index (χ1n) is 4.12. The van der Waals surface area contributed by atoms with Crippen LogP contribution in [0.1, 0.15) is 13.8 Å². The molecule has 1 aliphatic heterocycles. The van der Waals surface area contributed by atoms with Gasteiger partial charge < -0.3 is 9.64 Å². The molecular weight excluding hydrogens is 178 g/mol. The van der Waals surface area contributed by atoms with E-state index in [9.17, 15) is 4.79 Å². The molecular formula is C8H14ClNO2. The van der Waals surface area contributed by atoms with Gasteiger partial charge in [-0.3, -0.25) is 4.79 Å². The van der Waals surface area contributed by atoms with Crippen LogP contribution in [0.15, 0.2) is 0 Å². The van der Waals surface area contributed by atoms with Crippen molar-refractivity contribution in [3.8, 4) is 0 Å². The van der Waals surface area contributed by atoms with Gasteiger partial charge in [-0.25, -0.2) is 0 Å². The van der Waals surface area contributed by atoms with Crippen LogP contribution in [0.25, 0.3) is 0 Å². The highest BCUT2D eigenvalue weighted by Crippen LogP contribution is 2.11. The molecule has 1 aliphatic rings. The third kappa shape index (κ3) is 2.11. The van der Waals surface area contributed by atoms with Crippen LogP contribution in [0.4, 0.5) is 0 Å². The number of hydrogen-bond acceptors (Lipinski definition) is 2. The van der Waals surface area contributed by atoms with Crippen molar-refractivity contribution in [1.82, 2.24) is 4.90 Å². The monoisotopic (exact) mass is 191 g/mol. The Morgan fingerprint density at radius 2 is 2.33 bits per heavy atom. The standard InChI is InChI=1S/C8H14ClNO2/c1-6-5-12-7(2)4-10(6)8(11)3-9/h6-7H,3-5H2,1-2H3. The van der Waals surface area contributed by atoms with Crippen molar-refractivity contribution in [3.05, 3.63) is 0 Å². The van der Waals surface area contributed by atoms with Crippen molar-refractivity contribution in [2.45, 2.75) is 26.0 Å². The van der Waals surface area contributed by atoms with E-state index in [4.69, 9.17) is 16.3 Å². The Balaban J connectivity index is 2.54. The molecule has 0 aliphatic carbocycles. The molecule has 70 valence electrons. The summed E-state index contributed by atoms with van der Waals surface area (Å²) in [4.78, 5) is 13.0. The van der Waals surface area contributed by atoms with E-state index in [1.165, 1.54) is 0 Å². The van der Waals surface area contributed by atoms with E-state index >= 15 is 0 Å². The first kappa shape index (κ1) is 9.81. The second kappa shape index (κ2) is 4.10. The van der Waals surface area contributed by atoms with E-state index in [2.05, 4.69) is 0 Å². The SMILES string of the molecule is CC1CN(C(=O)CCl)C(C)CO1. The second-order valence-electron chi connectivity index (χ2n) is 3.17. The van der Waals surface area contributed by atoms with Crippen molar-refractivity contribution in [2.24, 2.45) is 0 Å². The fourth-order valence-corrected chi connectivity index (χ4v) is 1.48. The minimum Gasteiger partial charge on any atom is -0.375 e. The Morgan fingerprint density at radius 1 is 1.67 bits per heavy atom. The predicted octanol–water partition coefficient (Wildman–Crippen LogP) is 0.861. The van der Waals surface area contributed by atoms with E-state index in [1.54, 1.807) is 4.90 Å². The zero-order valence-electron chi connectivity index (χ0n) is 7.42. The zero-order chi connectivity index (χ0) is 9.14. The topological polar surface area (TPSA) is 29.5 Å². The lowest BCUT2D eigenvalue weighted by atomic mass is 10.2. The molecule has 1 heterocycles. The molecule has 0 aromatic rings. The van der Waals surface area contributed by atoms with Crippen LogP contribution >= 0.6 is 11.6 Å². The molecule has 2 atom stereocenters. The predicted molar refractivity (Wildman–Crippen MR) is 47.3 cm³/mol. The minimum atomic E-state index is -0.000633. The minimum absolute atomic E-state index is 0.000633. The number of carbonyl (C=O) groups is 1. The fourth-order valence-electron chi connectivity index (χ4n) is 1.33. The van der Waals surface area contributed by atoms with Gasteiger partial charge in [0.1, 0.15) is 5.88 Å². The van der Waals surface area contributed by atoms with Gasteiger partial charge in [0.15, 0.2) is 0 Å². The molecule has 1 fully saturated rings. The number of nitrogens with zero attached hydrogens (tertiary/aromatic N) is 1. The van der Waals surface area contributed by atoms with Crippen LogP contribution in [0, 0.1) is 0 Å². The van der Waals surface area contributed by atoms with Crippen molar-refractivity contribution >= 4 is 17.5 Å². The van der Waals surface area contributed by atoms with Crippen LogP contribution in [0.5, 0.6) is 0 Å². The lowest BCUT2D eigenvalue weighted by Gasteiger charge is -2.36. The number of carbonyl (C=O) groups excluding carboxylic acids is 1. The van der Waals surface area contributed by atoms with Gasteiger partial charge in [-0.05, 0) is 13.8 Å². The molecule has 0 radical (unpaired) electrons. The number of morpholine rings is 1. The number of ether oxygens (including phenoxy) is 1. The third-order valence-corrected chi connectivity index (χ3v) is 2.27. The van der Waals surface area contributed by atoms with E-state index in [1.807, 2.05) is 13.8 Å². The lowest BCUT2D eigenvalue weighted by Crippen LogP contribution is -2.50. The van der Waals surface area contributed by atoms with Crippen LogP contribution < -0.4 is 0 Å². The summed E-state index contributed by atoms with van der Waals surface area (Å²) in [6.07, 6.45) is 0.133. The molecule has 1 amide bonds. The Bertz CT molecular complexity index is 174. The third-order valence-electron chi connectivity index (χ3n) is 2.04. The molecule has 2 unspecified atom stereocenters. The number of hydrogen-bond donors (Lipinski definition) is 0. The number of alkyl halides is 1. The van der Waals surface area contributed by atoms with Gasteiger partial charge in [0.05, 0.1) is 18.8 Å². The van der Waals surface area contributed by atoms with Gasteiger partial charge in [0.2, 0.25) is 5.91 Å². The smallest absolute Gasteiger partial charge is 0.237 e. The zero-order valence-corrected chi connectivity index (χ0v) is 8.17. The van der Waals surface area contributed by atoms with Crippen molar-refractivity contribution < 1.29 is 9.53 Å². The Morgan fingerprint density at radius 3 is 2.92 bits per heavy atom. The quantitative estimate of drug-likeness (QED) is 0.576. The Hall–Kier alpha value is -0.280. The highest BCUT2D eigenvalue weighted by Gasteiger charge is 2.26. The van der Waals surface area contributed by atoms with Gasteiger partial charge >= 0.3 is 0 Å². The molecule has 1 rings (SSSR count). The van der Waals surface area contributed by atoms with Gasteiger partial charge in [0, 0.05) is 6.54 Å². The van der Waals surface area contributed by atoms with Crippen molar-refractivity contribution in [2.75, 3.05) is 19.0 Å². The summed E-state index contributed by atoms with van der Waals surface area (Å²) < 4.78 is 5.38. The fraction of sp³-hybridized carbons (Fsp3) is 0.875. The Kier molecular flexibility index (Phi) is 3.35. The summed E-state index contributed by atoms with van der Waals surface area (Å²) in [7, 11) is 0. The first-order valence-corrected chi connectivity index (χ1v) is 4.65. The normalized spacial score (nSPS) is 30.4. The average Bonchev–Trinajstić information content (AvgIpc) is 2.08. The molecule has 0 saturated carbocycles. The summed E-state index contributed by atoms with van der Waals surface area (Å²) >= 11 is 5.47. The molecule has 0 aromatic heterocycles. The molecule has 12 heavy (non-hydrogen) atoms. The van der Waals surface area contributed by atoms with Crippen LogP contribution in [-0.2, 0) is 9.53 Å². The average molecular weight is 192 g/mol. The van der Waals surface area contributed by atoms with Gasteiger partial charge in [0.25, 0.3) is 0 Å². The maximum Gasteiger partial charge on any atom is 0.237 e. The lowest BCUT2D eigenvalue weighted by molar-refractivity contribution is -0.140. The largest absolute Gasteiger partial charge is 0.375 e. The van der Waals surface area contributed by atoms with E-state index in [0.717, 1.165) is 0 Å². The molecule has 3 nitrogen and oxygen atoms in total. The molecule has 4 heteroatoms. The summed E-state index contributed by atoms with van der Waals surface area (Å²) in [5.41, 5.74) is 0. The van der Waals surface area contributed by atoms with Crippen LogP contribution in [-0.4, -0.2) is 42.0 Å².